The van der Waals surface area contributed by atoms with Crippen LogP contribution in [-0.2, 0) is 24.8 Å². The lowest BCUT2D eigenvalue weighted by Gasteiger charge is -2.10. The van der Waals surface area contributed by atoms with Crippen molar-refractivity contribution in [1.29, 1.82) is 0 Å². The molecule has 0 spiro atoms. The van der Waals surface area contributed by atoms with Crippen LogP contribution in [0.25, 0.3) is 22.2 Å². The van der Waals surface area contributed by atoms with E-state index in [1.54, 1.807) is 38.0 Å². The second-order valence-corrected chi connectivity index (χ2v) is 8.26. The van der Waals surface area contributed by atoms with Crippen LogP contribution in [0.2, 0.25) is 5.02 Å². The highest BCUT2D eigenvalue weighted by molar-refractivity contribution is 6.30. The number of halogens is 1. The molecule has 2 aromatic heterocycles. The summed E-state index contributed by atoms with van der Waals surface area (Å²) >= 11 is 5.99. The van der Waals surface area contributed by atoms with E-state index in [0.29, 0.717) is 40.5 Å². The van der Waals surface area contributed by atoms with Gasteiger partial charge in [0, 0.05) is 30.4 Å². The van der Waals surface area contributed by atoms with E-state index in [-0.39, 0.29) is 18.0 Å². The summed E-state index contributed by atoms with van der Waals surface area (Å²) in [4.78, 5) is 30.1. The molecule has 176 valence electrons. The lowest BCUT2D eigenvalue weighted by molar-refractivity contribution is -0.121. The summed E-state index contributed by atoms with van der Waals surface area (Å²) in [6.45, 7) is 0.304. The predicted octanol–water partition coefficient (Wildman–Crippen LogP) is 3.43. The minimum absolute atomic E-state index is 0.116. The van der Waals surface area contributed by atoms with E-state index in [1.807, 2.05) is 36.5 Å². The monoisotopic (exact) mass is 480 g/mol. The zero-order chi connectivity index (χ0) is 24.2. The molecule has 0 aliphatic heterocycles. The number of aryl methyl sites for hydroxylation is 1. The van der Waals surface area contributed by atoms with Gasteiger partial charge in [0.2, 0.25) is 5.91 Å². The van der Waals surface area contributed by atoms with Crippen molar-refractivity contribution < 1.29 is 14.3 Å². The number of nitrogens with one attached hydrogen (secondary N) is 1. The highest BCUT2D eigenvalue weighted by atomic mass is 35.5. The number of amides is 1. The maximum atomic E-state index is 13.1. The molecule has 1 amide bonds. The van der Waals surface area contributed by atoms with Gasteiger partial charge in [-0.1, -0.05) is 29.8 Å². The van der Waals surface area contributed by atoms with Crippen LogP contribution in [0.1, 0.15) is 5.56 Å². The SMILES string of the molecule is COc1ccc(CCNC(=O)Cn2cnc3c(-c4ccc(Cl)cc4)cn(C)c3c2=O)cc1OC. The Hall–Kier alpha value is -3.78. The molecule has 0 aliphatic carbocycles. The lowest BCUT2D eigenvalue weighted by Crippen LogP contribution is -2.33. The summed E-state index contributed by atoms with van der Waals surface area (Å²) < 4.78 is 13.6. The maximum absolute atomic E-state index is 13.1. The first-order chi connectivity index (χ1) is 16.4. The van der Waals surface area contributed by atoms with Crippen LogP contribution in [0.5, 0.6) is 11.5 Å². The zero-order valence-corrected chi connectivity index (χ0v) is 19.9. The van der Waals surface area contributed by atoms with E-state index in [2.05, 4.69) is 10.3 Å². The molecule has 0 saturated heterocycles. The molecule has 4 aromatic rings. The summed E-state index contributed by atoms with van der Waals surface area (Å²) in [6.07, 6.45) is 3.88. The number of carbonyl (C=O) groups excluding carboxylic acids is 1. The smallest absolute Gasteiger partial charge is 0.278 e. The van der Waals surface area contributed by atoms with Gasteiger partial charge in [-0.15, -0.1) is 0 Å². The van der Waals surface area contributed by atoms with Crippen molar-refractivity contribution >= 4 is 28.5 Å². The molecular formula is C25H25ClN4O4. The fraction of sp³-hybridized carbons (Fsp3) is 0.240. The Kier molecular flexibility index (Phi) is 6.88. The first-order valence-corrected chi connectivity index (χ1v) is 11.1. The van der Waals surface area contributed by atoms with Crippen molar-refractivity contribution in [3.8, 4) is 22.6 Å². The number of aromatic nitrogens is 3. The molecule has 2 aromatic carbocycles. The van der Waals surface area contributed by atoms with Gasteiger partial charge in [0.05, 0.1) is 20.5 Å². The van der Waals surface area contributed by atoms with Crippen LogP contribution in [0.3, 0.4) is 0 Å². The zero-order valence-electron chi connectivity index (χ0n) is 19.2. The van der Waals surface area contributed by atoms with Crippen LogP contribution in [-0.4, -0.2) is 40.8 Å². The first kappa shape index (κ1) is 23.4. The van der Waals surface area contributed by atoms with Crippen molar-refractivity contribution in [2.45, 2.75) is 13.0 Å². The molecule has 9 heteroatoms. The summed E-state index contributed by atoms with van der Waals surface area (Å²) in [5.41, 5.74) is 3.48. The third kappa shape index (κ3) is 4.77. The molecule has 0 aliphatic rings. The van der Waals surface area contributed by atoms with Crippen molar-refractivity contribution in [1.82, 2.24) is 19.4 Å². The topological polar surface area (TPSA) is 87.4 Å². The van der Waals surface area contributed by atoms with Gasteiger partial charge in [0.1, 0.15) is 17.6 Å². The number of methoxy groups -OCH3 is 2. The predicted molar refractivity (Wildman–Crippen MR) is 132 cm³/mol. The normalized spacial score (nSPS) is 10.9. The molecule has 0 unspecified atom stereocenters. The summed E-state index contributed by atoms with van der Waals surface area (Å²) in [5, 5.41) is 3.49. The quantitative estimate of drug-likeness (QED) is 0.417. The van der Waals surface area contributed by atoms with Crippen LogP contribution < -0.4 is 20.3 Å². The number of rotatable bonds is 8. The third-order valence-corrected chi connectivity index (χ3v) is 5.85. The second kappa shape index (κ2) is 10.0. The van der Waals surface area contributed by atoms with Crippen LogP contribution in [0.4, 0.5) is 0 Å². The average Bonchev–Trinajstić information content (AvgIpc) is 3.18. The summed E-state index contributed by atoms with van der Waals surface area (Å²) in [6, 6.07) is 13.0. The van der Waals surface area contributed by atoms with Crippen LogP contribution >= 0.6 is 11.6 Å². The minimum atomic E-state index is -0.275. The van der Waals surface area contributed by atoms with E-state index >= 15 is 0 Å². The summed E-state index contributed by atoms with van der Waals surface area (Å²) in [7, 11) is 4.95. The summed E-state index contributed by atoms with van der Waals surface area (Å²) in [5.74, 6) is 1.02. The van der Waals surface area contributed by atoms with E-state index in [9.17, 15) is 9.59 Å². The number of fused-ring (bicyclic) bond motifs is 1. The Morgan fingerprint density at radius 1 is 1.09 bits per heavy atom. The number of nitrogens with zero attached hydrogens (tertiary/aromatic N) is 3. The maximum Gasteiger partial charge on any atom is 0.278 e. The molecule has 34 heavy (non-hydrogen) atoms. The highest BCUT2D eigenvalue weighted by Crippen LogP contribution is 2.28. The average molecular weight is 481 g/mol. The van der Waals surface area contributed by atoms with Gasteiger partial charge in [-0.3, -0.25) is 14.2 Å². The second-order valence-electron chi connectivity index (χ2n) is 7.82. The van der Waals surface area contributed by atoms with Crippen LogP contribution in [0.15, 0.2) is 59.8 Å². The molecule has 0 bridgehead atoms. The number of carbonyl (C=O) groups is 1. The molecule has 4 rings (SSSR count). The molecular weight excluding hydrogens is 456 g/mol. The van der Waals surface area contributed by atoms with Gasteiger partial charge in [0.25, 0.3) is 5.56 Å². The van der Waals surface area contributed by atoms with E-state index < -0.39 is 0 Å². The lowest BCUT2D eigenvalue weighted by atomic mass is 10.1. The standard InChI is InChI=1S/C25H25ClN4O4/c1-29-13-19(17-5-7-18(26)8-6-17)23-24(29)25(32)30(15-28-23)14-22(31)27-11-10-16-4-9-20(33-2)21(12-16)34-3/h4-9,12-13,15H,10-11,14H2,1-3H3,(H,27,31). The van der Waals surface area contributed by atoms with Gasteiger partial charge in [-0.2, -0.15) is 0 Å². The molecule has 0 fully saturated rings. The first-order valence-electron chi connectivity index (χ1n) is 10.7. The number of hydrogen-bond acceptors (Lipinski definition) is 5. The van der Waals surface area contributed by atoms with E-state index in [0.717, 1.165) is 16.7 Å². The Bertz CT molecular complexity index is 1390. The molecule has 2 heterocycles. The van der Waals surface area contributed by atoms with Gasteiger partial charge >= 0.3 is 0 Å². The van der Waals surface area contributed by atoms with Crippen molar-refractivity contribution in [2.24, 2.45) is 7.05 Å². The molecule has 1 N–H and O–H groups in total. The fourth-order valence-corrected chi connectivity index (χ4v) is 3.99. The number of benzene rings is 2. The largest absolute Gasteiger partial charge is 0.493 e. The highest BCUT2D eigenvalue weighted by Gasteiger charge is 2.16. The fourth-order valence-electron chi connectivity index (χ4n) is 3.86. The molecule has 0 radical (unpaired) electrons. The van der Waals surface area contributed by atoms with Crippen molar-refractivity contribution in [3.63, 3.8) is 0 Å². The van der Waals surface area contributed by atoms with Crippen LogP contribution in [0, 0.1) is 0 Å². The van der Waals surface area contributed by atoms with Crippen molar-refractivity contribution in [3.05, 3.63) is 75.9 Å². The Morgan fingerprint density at radius 2 is 1.82 bits per heavy atom. The number of ether oxygens (including phenoxy) is 2. The van der Waals surface area contributed by atoms with Gasteiger partial charge < -0.3 is 19.4 Å². The van der Waals surface area contributed by atoms with Gasteiger partial charge in [-0.05, 0) is 41.8 Å². The van der Waals surface area contributed by atoms with Gasteiger partial charge in [0.15, 0.2) is 11.5 Å². The Balaban J connectivity index is 1.45. The number of hydrogen-bond donors (Lipinski definition) is 1. The van der Waals surface area contributed by atoms with Crippen molar-refractivity contribution in [2.75, 3.05) is 20.8 Å². The van der Waals surface area contributed by atoms with Gasteiger partial charge in [-0.25, -0.2) is 4.98 Å². The molecule has 0 saturated carbocycles. The molecule has 8 nitrogen and oxygen atoms in total. The van der Waals surface area contributed by atoms with E-state index in [4.69, 9.17) is 21.1 Å². The van der Waals surface area contributed by atoms with E-state index in [1.165, 1.54) is 10.9 Å². The Labute approximate surface area is 201 Å². The molecule has 0 atom stereocenters. The minimum Gasteiger partial charge on any atom is -0.493 e. The Morgan fingerprint density at radius 3 is 2.53 bits per heavy atom. The third-order valence-electron chi connectivity index (χ3n) is 5.60.